The molecule has 57 heavy (non-hydrogen) atoms. The molecule has 0 amide bonds. The molecule has 11 rings (SSSR count). The number of carbonyl (C=O) groups excluding carboxylic acids is 2. The molecule has 0 unspecified atom stereocenters. The Bertz CT molecular complexity index is 2720. The second-order valence-corrected chi connectivity index (χ2v) is 18.5. The Hall–Kier alpha value is -6.19. The topological polar surface area (TPSA) is 37.4 Å². The molecule has 272 valence electrons. The van der Waals surface area contributed by atoms with Gasteiger partial charge in [-0.2, -0.15) is 0 Å². The van der Waals surface area contributed by atoms with Crippen molar-refractivity contribution in [2.75, 3.05) is 4.90 Å². The van der Waals surface area contributed by atoms with Crippen LogP contribution < -0.4 is 37.7 Å². The van der Waals surface area contributed by atoms with Crippen molar-refractivity contribution in [3.63, 3.8) is 0 Å². The van der Waals surface area contributed by atoms with Crippen molar-refractivity contribution in [3.05, 3.63) is 150 Å². The number of fused-ring (bicyclic) bond motifs is 10. The van der Waals surface area contributed by atoms with E-state index in [1.807, 2.05) is 24.3 Å². The first-order valence-corrected chi connectivity index (χ1v) is 20.1. The summed E-state index contributed by atoms with van der Waals surface area (Å²) in [5, 5.41) is 0. The first-order valence-electron chi connectivity index (χ1n) is 20.1. The van der Waals surface area contributed by atoms with Crippen molar-refractivity contribution in [1.82, 2.24) is 0 Å². The van der Waals surface area contributed by atoms with E-state index in [0.29, 0.717) is 11.1 Å². The molecule has 0 bridgehead atoms. The third kappa shape index (κ3) is 4.81. The molecule has 4 aliphatic heterocycles. The van der Waals surface area contributed by atoms with Gasteiger partial charge in [-0.25, -0.2) is 0 Å². The Labute approximate surface area is 335 Å². The molecule has 0 saturated heterocycles. The van der Waals surface area contributed by atoms with Crippen LogP contribution in [0.4, 0.5) is 17.1 Å². The van der Waals surface area contributed by atoms with Crippen molar-refractivity contribution in [2.24, 2.45) is 0 Å². The molecule has 0 atom stereocenters. The number of carbonyl (C=O) groups is 2. The Morgan fingerprint density at radius 3 is 1.23 bits per heavy atom. The summed E-state index contributed by atoms with van der Waals surface area (Å²) in [7, 11) is 0. The number of rotatable bonds is 4. The fourth-order valence-electron chi connectivity index (χ4n) is 10.1. The van der Waals surface area contributed by atoms with Crippen LogP contribution >= 0.6 is 0 Å². The number of nitrogens with zero attached hydrogens (tertiary/aromatic N) is 1. The van der Waals surface area contributed by atoms with Gasteiger partial charge >= 0.3 is 0 Å². The molecule has 0 radical (unpaired) electrons. The average molecular weight is 734 g/mol. The fraction of sp³-hybridized carbons (Fsp3) is 0.154. The predicted octanol–water partition coefficient (Wildman–Crippen LogP) is 8.33. The Kier molecular flexibility index (Phi) is 6.98. The van der Waals surface area contributed by atoms with Crippen molar-refractivity contribution in [2.45, 2.75) is 52.4 Å². The van der Waals surface area contributed by atoms with Crippen LogP contribution in [0, 0.1) is 0 Å². The smallest absolute Gasteiger partial charge is 0.248 e. The minimum atomic E-state index is -0.0735. The summed E-state index contributed by atoms with van der Waals surface area (Å²) in [6.45, 7) is 14.2. The van der Waals surface area contributed by atoms with Crippen molar-refractivity contribution >= 4 is 75.8 Å². The number of aldehydes is 2. The van der Waals surface area contributed by atoms with Gasteiger partial charge in [0, 0.05) is 28.2 Å². The van der Waals surface area contributed by atoms with Crippen molar-refractivity contribution < 1.29 is 9.59 Å². The summed E-state index contributed by atoms with van der Waals surface area (Å²) in [6.07, 6.45) is 1.81. The van der Waals surface area contributed by atoms with E-state index in [0.717, 1.165) is 34.8 Å². The fourth-order valence-corrected chi connectivity index (χ4v) is 10.1. The number of hydrogen-bond donors (Lipinski definition) is 0. The lowest BCUT2D eigenvalue weighted by atomic mass is 9.32. The average Bonchev–Trinajstić information content (AvgIpc) is 3.73. The van der Waals surface area contributed by atoms with E-state index < -0.39 is 0 Å². The van der Waals surface area contributed by atoms with Gasteiger partial charge < -0.3 is 4.90 Å². The highest BCUT2D eigenvalue weighted by molar-refractivity contribution is 7.05. The SMILES string of the molecule is CC(C)(C)c1cc2c3c(c1)N1c4cc(C(C)(C)C)cc5c4B(c4ccc(-c6ccc(C=O)cc6)cc4-5)c4cccc(c41)B3c1ccc(-c3ccc(C=O)cc3)cc1-2. The van der Waals surface area contributed by atoms with Gasteiger partial charge in [0.15, 0.2) is 0 Å². The Balaban J connectivity index is 1.19. The lowest BCUT2D eigenvalue weighted by Gasteiger charge is -2.43. The first-order chi connectivity index (χ1) is 27.4. The third-order valence-corrected chi connectivity index (χ3v) is 13.1. The van der Waals surface area contributed by atoms with Crippen LogP contribution in [0.3, 0.4) is 0 Å². The van der Waals surface area contributed by atoms with Crippen molar-refractivity contribution in [1.29, 1.82) is 0 Å². The number of benzene rings is 7. The molecular weight excluding hydrogens is 692 g/mol. The van der Waals surface area contributed by atoms with Crippen LogP contribution in [-0.2, 0) is 10.8 Å². The van der Waals surface area contributed by atoms with E-state index in [1.54, 1.807) is 0 Å². The lowest BCUT2D eigenvalue weighted by molar-refractivity contribution is 0.111. The second kappa shape index (κ2) is 11.7. The highest BCUT2D eigenvalue weighted by Crippen LogP contribution is 2.47. The summed E-state index contributed by atoms with van der Waals surface area (Å²) >= 11 is 0. The molecule has 3 nitrogen and oxygen atoms in total. The number of anilines is 3. The van der Waals surface area contributed by atoms with Crippen LogP contribution in [0.15, 0.2) is 127 Å². The van der Waals surface area contributed by atoms with Gasteiger partial charge in [-0.3, -0.25) is 9.59 Å². The van der Waals surface area contributed by atoms with E-state index in [-0.39, 0.29) is 24.3 Å². The highest BCUT2D eigenvalue weighted by atomic mass is 16.1. The van der Waals surface area contributed by atoms with Crippen LogP contribution in [0.25, 0.3) is 44.5 Å². The molecular formula is C52H41B2NO2. The lowest BCUT2D eigenvalue weighted by Crippen LogP contribution is -2.63. The van der Waals surface area contributed by atoms with Gasteiger partial charge in [0.1, 0.15) is 12.6 Å². The van der Waals surface area contributed by atoms with Crippen LogP contribution in [0.5, 0.6) is 0 Å². The zero-order valence-corrected chi connectivity index (χ0v) is 33.2. The van der Waals surface area contributed by atoms with Gasteiger partial charge in [0.2, 0.25) is 13.4 Å². The maximum atomic E-state index is 11.5. The molecule has 0 spiro atoms. The molecule has 0 aliphatic carbocycles. The third-order valence-electron chi connectivity index (χ3n) is 13.1. The van der Waals surface area contributed by atoms with Gasteiger partial charge in [-0.1, -0.05) is 156 Å². The summed E-state index contributed by atoms with van der Waals surface area (Å²) in [4.78, 5) is 25.6. The van der Waals surface area contributed by atoms with Gasteiger partial charge in [0.25, 0.3) is 0 Å². The molecule has 5 heteroatoms. The minimum Gasteiger partial charge on any atom is -0.312 e. The highest BCUT2D eigenvalue weighted by Gasteiger charge is 2.50. The van der Waals surface area contributed by atoms with Crippen LogP contribution in [0.2, 0.25) is 0 Å². The zero-order chi connectivity index (χ0) is 39.1. The maximum Gasteiger partial charge on any atom is 0.248 e. The Morgan fingerprint density at radius 1 is 0.439 bits per heavy atom. The van der Waals surface area contributed by atoms with E-state index in [2.05, 4.69) is 150 Å². The van der Waals surface area contributed by atoms with E-state index in [4.69, 9.17) is 0 Å². The monoisotopic (exact) mass is 733 g/mol. The molecule has 0 saturated carbocycles. The molecule has 4 heterocycles. The first kappa shape index (κ1) is 34.1. The normalized spacial score (nSPS) is 13.8. The number of para-hydroxylation sites is 1. The summed E-state index contributed by atoms with van der Waals surface area (Å²) in [6, 6.07) is 46.9. The minimum absolute atomic E-state index is 0.0735. The molecule has 4 aliphatic rings. The van der Waals surface area contributed by atoms with Gasteiger partial charge in [-0.05, 0) is 113 Å². The summed E-state index contributed by atoms with van der Waals surface area (Å²) < 4.78 is 0. The molecule has 7 aromatic rings. The van der Waals surface area contributed by atoms with E-state index in [1.165, 1.54) is 83.2 Å². The van der Waals surface area contributed by atoms with Crippen molar-refractivity contribution in [3.8, 4) is 44.5 Å². The molecule has 0 aromatic heterocycles. The van der Waals surface area contributed by atoms with Gasteiger partial charge in [-0.15, -0.1) is 0 Å². The maximum absolute atomic E-state index is 11.5. The predicted molar refractivity (Wildman–Crippen MR) is 240 cm³/mol. The standard InChI is InChI=1S/C52H41B2NO2/c1-51(2,3)36-24-40-38-22-34(32-14-10-30(28-56)11-15-32)18-20-42(38)53-44-8-7-9-45-50(44)55(46(26-36)48(40)53)47-27-37(52(4,5)6)25-41-39-23-35(19-21-43(39)54(45)49(41)47)33-16-12-31(29-57)13-17-33/h7-29H,1-6H3. The second-order valence-electron chi connectivity index (χ2n) is 18.5. The van der Waals surface area contributed by atoms with Crippen LogP contribution in [-0.4, -0.2) is 26.0 Å². The zero-order valence-electron chi connectivity index (χ0n) is 33.2. The molecule has 7 aromatic carbocycles. The number of hydrogen-bond acceptors (Lipinski definition) is 3. The van der Waals surface area contributed by atoms with E-state index in [9.17, 15) is 9.59 Å². The quantitative estimate of drug-likeness (QED) is 0.135. The summed E-state index contributed by atoms with van der Waals surface area (Å²) in [5.74, 6) is 0. The Morgan fingerprint density at radius 2 is 0.842 bits per heavy atom. The largest absolute Gasteiger partial charge is 0.312 e. The van der Waals surface area contributed by atoms with Crippen LogP contribution in [0.1, 0.15) is 73.4 Å². The molecule has 0 N–H and O–H groups in total. The van der Waals surface area contributed by atoms with E-state index >= 15 is 0 Å². The van der Waals surface area contributed by atoms with Gasteiger partial charge in [0.05, 0.1) is 0 Å². The summed E-state index contributed by atoms with van der Waals surface area (Å²) in [5.41, 5.74) is 25.7. The molecule has 0 fully saturated rings.